The van der Waals surface area contributed by atoms with Crippen LogP contribution >= 0.6 is 0 Å². The minimum Gasteiger partial charge on any atom is -0.483 e. The number of aromatic nitrogens is 2. The Labute approximate surface area is 135 Å². The van der Waals surface area contributed by atoms with Crippen LogP contribution in [0.3, 0.4) is 0 Å². The molecule has 1 saturated heterocycles. The predicted molar refractivity (Wildman–Crippen MR) is 84.3 cm³/mol. The molecule has 0 bridgehead atoms. The SMILES string of the molecule is CCc1ccccc1OCC(=O)N1CCC(c2nc(C)no2)C1. The highest BCUT2D eigenvalue weighted by atomic mass is 16.5. The van der Waals surface area contributed by atoms with Crippen LogP contribution in [0.25, 0.3) is 0 Å². The number of likely N-dealkylation sites (tertiary alicyclic amines) is 1. The monoisotopic (exact) mass is 315 g/mol. The maximum Gasteiger partial charge on any atom is 0.260 e. The minimum atomic E-state index is -0.00496. The predicted octanol–water partition coefficient (Wildman–Crippen LogP) is 2.34. The van der Waals surface area contributed by atoms with Gasteiger partial charge in [-0.05, 0) is 31.4 Å². The van der Waals surface area contributed by atoms with Crippen molar-refractivity contribution in [3.05, 3.63) is 41.5 Å². The molecule has 0 N–H and O–H groups in total. The number of nitrogens with zero attached hydrogens (tertiary/aromatic N) is 3. The molecule has 1 atom stereocenters. The normalized spacial score (nSPS) is 17.5. The molecule has 0 saturated carbocycles. The second-order valence-electron chi connectivity index (χ2n) is 5.76. The highest BCUT2D eigenvalue weighted by Crippen LogP contribution is 2.26. The molecule has 1 aliphatic heterocycles. The molecule has 2 aromatic rings. The Morgan fingerprint density at radius 1 is 1.43 bits per heavy atom. The van der Waals surface area contributed by atoms with Gasteiger partial charge in [-0.3, -0.25) is 4.79 Å². The van der Waals surface area contributed by atoms with Crippen LogP contribution in [0.15, 0.2) is 28.8 Å². The van der Waals surface area contributed by atoms with Gasteiger partial charge in [0.2, 0.25) is 5.89 Å². The van der Waals surface area contributed by atoms with Crippen molar-refractivity contribution < 1.29 is 14.1 Å². The van der Waals surface area contributed by atoms with Crippen molar-refractivity contribution in [3.63, 3.8) is 0 Å². The minimum absolute atomic E-state index is 0.00496. The van der Waals surface area contributed by atoms with E-state index in [2.05, 4.69) is 17.1 Å². The number of benzene rings is 1. The first kappa shape index (κ1) is 15.5. The van der Waals surface area contributed by atoms with Crippen LogP contribution in [-0.2, 0) is 11.2 Å². The van der Waals surface area contributed by atoms with Crippen LogP contribution < -0.4 is 4.74 Å². The number of carbonyl (C=O) groups excluding carboxylic acids is 1. The van der Waals surface area contributed by atoms with Crippen molar-refractivity contribution in [1.29, 1.82) is 0 Å². The van der Waals surface area contributed by atoms with Crippen LogP contribution in [0.2, 0.25) is 0 Å². The summed E-state index contributed by atoms with van der Waals surface area (Å²) in [5.41, 5.74) is 1.11. The van der Waals surface area contributed by atoms with Gasteiger partial charge >= 0.3 is 0 Å². The molecule has 0 radical (unpaired) electrons. The van der Waals surface area contributed by atoms with Crippen LogP contribution in [0.4, 0.5) is 0 Å². The van der Waals surface area contributed by atoms with E-state index in [1.54, 1.807) is 11.8 Å². The van der Waals surface area contributed by atoms with Crippen molar-refractivity contribution >= 4 is 5.91 Å². The van der Waals surface area contributed by atoms with Gasteiger partial charge in [0, 0.05) is 13.1 Å². The number of aryl methyl sites for hydroxylation is 2. The molecule has 6 nitrogen and oxygen atoms in total. The third-order valence-electron chi connectivity index (χ3n) is 4.14. The van der Waals surface area contributed by atoms with E-state index in [0.29, 0.717) is 24.8 Å². The summed E-state index contributed by atoms with van der Waals surface area (Å²) in [5.74, 6) is 2.16. The molecule has 1 amide bonds. The summed E-state index contributed by atoms with van der Waals surface area (Å²) in [7, 11) is 0. The van der Waals surface area contributed by atoms with Crippen molar-refractivity contribution in [2.45, 2.75) is 32.6 Å². The molecular weight excluding hydrogens is 294 g/mol. The lowest BCUT2D eigenvalue weighted by molar-refractivity contribution is -0.132. The Morgan fingerprint density at radius 2 is 2.26 bits per heavy atom. The molecule has 3 rings (SSSR count). The zero-order valence-corrected chi connectivity index (χ0v) is 13.5. The summed E-state index contributed by atoms with van der Waals surface area (Å²) in [6.45, 7) is 5.24. The fraction of sp³-hybridized carbons (Fsp3) is 0.471. The van der Waals surface area contributed by atoms with Crippen molar-refractivity contribution in [2.24, 2.45) is 0 Å². The lowest BCUT2D eigenvalue weighted by Gasteiger charge is -2.17. The average Bonchev–Trinajstić information content (AvgIpc) is 3.21. The fourth-order valence-electron chi connectivity index (χ4n) is 2.83. The first-order valence-corrected chi connectivity index (χ1v) is 7.96. The Bertz CT molecular complexity index is 683. The zero-order valence-electron chi connectivity index (χ0n) is 13.5. The van der Waals surface area contributed by atoms with Crippen molar-refractivity contribution in [3.8, 4) is 5.75 Å². The third-order valence-corrected chi connectivity index (χ3v) is 4.14. The van der Waals surface area contributed by atoms with Gasteiger partial charge in [-0.15, -0.1) is 0 Å². The summed E-state index contributed by atoms with van der Waals surface area (Å²) in [6, 6.07) is 7.82. The standard InChI is InChI=1S/C17H21N3O3/c1-3-13-6-4-5-7-15(13)22-11-16(21)20-9-8-14(10-20)17-18-12(2)19-23-17/h4-7,14H,3,8-11H2,1-2H3. The van der Waals surface area contributed by atoms with Gasteiger partial charge in [-0.2, -0.15) is 4.98 Å². The number of rotatable bonds is 5. The maximum absolute atomic E-state index is 12.3. The molecule has 1 fully saturated rings. The fourth-order valence-corrected chi connectivity index (χ4v) is 2.83. The number of amides is 1. The van der Waals surface area contributed by atoms with Gasteiger partial charge < -0.3 is 14.2 Å². The lowest BCUT2D eigenvalue weighted by Crippen LogP contribution is -2.33. The van der Waals surface area contributed by atoms with Crippen LogP contribution in [-0.4, -0.2) is 40.6 Å². The molecule has 0 spiro atoms. The number of hydrogen-bond donors (Lipinski definition) is 0. The summed E-state index contributed by atoms with van der Waals surface area (Å²) in [4.78, 5) is 18.4. The molecule has 1 aromatic carbocycles. The third kappa shape index (κ3) is 3.52. The summed E-state index contributed by atoms with van der Waals surface area (Å²) >= 11 is 0. The molecule has 1 aromatic heterocycles. The molecule has 6 heteroatoms. The van der Waals surface area contributed by atoms with E-state index in [0.717, 1.165) is 24.2 Å². The zero-order chi connectivity index (χ0) is 16.2. The molecule has 1 unspecified atom stereocenters. The lowest BCUT2D eigenvalue weighted by atomic mass is 10.1. The summed E-state index contributed by atoms with van der Waals surface area (Å²) in [6.07, 6.45) is 1.73. The topological polar surface area (TPSA) is 68.5 Å². The highest BCUT2D eigenvalue weighted by molar-refractivity contribution is 5.78. The van der Waals surface area contributed by atoms with Gasteiger partial charge in [0.05, 0.1) is 5.92 Å². The number of ether oxygens (including phenoxy) is 1. The van der Waals surface area contributed by atoms with E-state index < -0.39 is 0 Å². The van der Waals surface area contributed by atoms with Gasteiger partial charge in [-0.25, -0.2) is 0 Å². The van der Waals surface area contributed by atoms with E-state index in [9.17, 15) is 4.79 Å². The largest absolute Gasteiger partial charge is 0.483 e. The van der Waals surface area contributed by atoms with Crippen LogP contribution in [0.5, 0.6) is 5.75 Å². The molecule has 2 heterocycles. The van der Waals surface area contributed by atoms with Crippen molar-refractivity contribution in [2.75, 3.05) is 19.7 Å². The molecule has 122 valence electrons. The quantitative estimate of drug-likeness (QED) is 0.847. The Balaban J connectivity index is 1.55. The highest BCUT2D eigenvalue weighted by Gasteiger charge is 2.31. The maximum atomic E-state index is 12.3. The second kappa shape index (κ2) is 6.81. The van der Waals surface area contributed by atoms with E-state index in [1.807, 2.05) is 24.3 Å². The van der Waals surface area contributed by atoms with Crippen LogP contribution in [0.1, 0.15) is 36.5 Å². The van der Waals surface area contributed by atoms with Crippen LogP contribution in [0, 0.1) is 6.92 Å². The van der Waals surface area contributed by atoms with Gasteiger partial charge in [0.15, 0.2) is 12.4 Å². The number of hydrogen-bond acceptors (Lipinski definition) is 5. The Kier molecular flexibility index (Phi) is 4.60. The number of para-hydroxylation sites is 1. The first-order valence-electron chi connectivity index (χ1n) is 7.96. The van der Waals surface area contributed by atoms with E-state index >= 15 is 0 Å². The van der Waals surface area contributed by atoms with E-state index in [-0.39, 0.29) is 18.4 Å². The van der Waals surface area contributed by atoms with Gasteiger partial charge in [0.1, 0.15) is 5.75 Å². The van der Waals surface area contributed by atoms with E-state index in [4.69, 9.17) is 9.26 Å². The summed E-state index contributed by atoms with van der Waals surface area (Å²) < 4.78 is 10.9. The Hall–Kier alpha value is -2.37. The molecular formula is C17H21N3O3. The molecule has 23 heavy (non-hydrogen) atoms. The van der Waals surface area contributed by atoms with E-state index in [1.165, 1.54) is 0 Å². The second-order valence-corrected chi connectivity index (χ2v) is 5.76. The Morgan fingerprint density at radius 3 is 3.00 bits per heavy atom. The molecule has 0 aliphatic carbocycles. The molecule has 1 aliphatic rings. The van der Waals surface area contributed by atoms with Gasteiger partial charge in [-0.1, -0.05) is 30.3 Å². The number of carbonyl (C=O) groups is 1. The first-order chi connectivity index (χ1) is 11.2. The van der Waals surface area contributed by atoms with Gasteiger partial charge in [0.25, 0.3) is 5.91 Å². The smallest absolute Gasteiger partial charge is 0.260 e. The average molecular weight is 315 g/mol. The van der Waals surface area contributed by atoms with Crippen molar-refractivity contribution in [1.82, 2.24) is 15.0 Å². The summed E-state index contributed by atoms with van der Waals surface area (Å²) in [5, 5.41) is 3.81.